The average molecular weight is 441 g/mol. The van der Waals surface area contributed by atoms with Crippen LogP contribution in [0.1, 0.15) is 31.8 Å². The van der Waals surface area contributed by atoms with Crippen LogP contribution >= 0.6 is 0 Å². The maximum absolute atomic E-state index is 13.9. The van der Waals surface area contributed by atoms with E-state index in [1.807, 2.05) is 0 Å². The number of hydrogen-bond acceptors (Lipinski definition) is 4. The molecule has 32 heavy (non-hydrogen) atoms. The fourth-order valence-corrected chi connectivity index (χ4v) is 3.11. The van der Waals surface area contributed by atoms with Gasteiger partial charge in [0.2, 0.25) is 0 Å². The third kappa shape index (κ3) is 5.21. The minimum Gasteiger partial charge on any atom is -0.467 e. The first-order valence-electron chi connectivity index (χ1n) is 9.52. The summed E-state index contributed by atoms with van der Waals surface area (Å²) in [6.45, 7) is 0. The first-order chi connectivity index (χ1) is 15.3. The maximum Gasteiger partial charge on any atom is 0.328 e. The second kappa shape index (κ2) is 9.91. The van der Waals surface area contributed by atoms with Crippen molar-refractivity contribution in [2.45, 2.75) is 12.5 Å². The molecule has 3 aromatic rings. The number of carbonyl (C=O) groups excluding carboxylic acids is 3. The number of halogens is 3. The molecule has 1 N–H and O–H groups in total. The Morgan fingerprint density at radius 3 is 2.00 bits per heavy atom. The van der Waals surface area contributed by atoms with Crippen molar-refractivity contribution in [2.24, 2.45) is 0 Å². The molecule has 0 radical (unpaired) electrons. The molecule has 1 amide bonds. The molecule has 0 bridgehead atoms. The second-order valence-corrected chi connectivity index (χ2v) is 6.89. The fourth-order valence-electron chi connectivity index (χ4n) is 3.11. The summed E-state index contributed by atoms with van der Waals surface area (Å²) in [5.74, 6) is -6.22. The zero-order valence-electron chi connectivity index (χ0n) is 16.9. The Labute approximate surface area is 181 Å². The standard InChI is InChI=1S/C24H18F3NO4/c1-32-24(31)20(28-23(30)21-18(26)12-17(25)13-19(21)27)11-14-7-9-16(10-8-14)22(29)15-5-3-2-4-6-15/h2-10,12-13,20H,11H2,1H3,(H,28,30)/t20-/m1/s1. The lowest BCUT2D eigenvalue weighted by molar-refractivity contribution is -0.142. The summed E-state index contributed by atoms with van der Waals surface area (Å²) in [5, 5.41) is 2.21. The van der Waals surface area contributed by atoms with Crippen LogP contribution in [0, 0.1) is 17.5 Å². The van der Waals surface area contributed by atoms with Crippen LogP contribution in [0.25, 0.3) is 0 Å². The van der Waals surface area contributed by atoms with Gasteiger partial charge >= 0.3 is 5.97 Å². The van der Waals surface area contributed by atoms with Gasteiger partial charge in [-0.05, 0) is 5.56 Å². The molecule has 3 rings (SSSR count). The van der Waals surface area contributed by atoms with Gasteiger partial charge in [0.25, 0.3) is 5.91 Å². The summed E-state index contributed by atoms with van der Waals surface area (Å²) in [7, 11) is 1.10. The van der Waals surface area contributed by atoms with Crippen molar-refractivity contribution < 1.29 is 32.3 Å². The molecule has 0 aliphatic heterocycles. The summed E-state index contributed by atoms with van der Waals surface area (Å²) in [5.41, 5.74) is 0.492. The highest BCUT2D eigenvalue weighted by Crippen LogP contribution is 2.16. The molecule has 164 valence electrons. The molecular weight excluding hydrogens is 423 g/mol. The number of rotatable bonds is 7. The molecular formula is C24H18F3NO4. The fraction of sp³-hybridized carbons (Fsp3) is 0.125. The van der Waals surface area contributed by atoms with Crippen LogP contribution in [0.3, 0.4) is 0 Å². The first-order valence-corrected chi connectivity index (χ1v) is 9.52. The lowest BCUT2D eigenvalue weighted by atomic mass is 9.99. The van der Waals surface area contributed by atoms with Gasteiger partial charge in [0, 0.05) is 29.7 Å². The highest BCUT2D eigenvalue weighted by Gasteiger charge is 2.26. The van der Waals surface area contributed by atoms with E-state index in [-0.39, 0.29) is 12.2 Å². The Hall–Kier alpha value is -3.94. The van der Waals surface area contributed by atoms with Crippen LogP contribution in [-0.2, 0) is 16.0 Å². The normalized spacial score (nSPS) is 11.5. The number of ether oxygens (including phenoxy) is 1. The van der Waals surface area contributed by atoms with Gasteiger partial charge in [-0.3, -0.25) is 9.59 Å². The molecule has 0 heterocycles. The van der Waals surface area contributed by atoms with Crippen molar-refractivity contribution in [2.75, 3.05) is 7.11 Å². The second-order valence-electron chi connectivity index (χ2n) is 6.89. The summed E-state index contributed by atoms with van der Waals surface area (Å²) in [6, 6.07) is 14.5. The highest BCUT2D eigenvalue weighted by molar-refractivity contribution is 6.09. The van der Waals surface area contributed by atoms with E-state index in [2.05, 4.69) is 10.1 Å². The number of esters is 1. The third-order valence-electron chi connectivity index (χ3n) is 4.72. The van der Waals surface area contributed by atoms with E-state index in [4.69, 9.17) is 0 Å². The van der Waals surface area contributed by atoms with E-state index >= 15 is 0 Å². The van der Waals surface area contributed by atoms with Gasteiger partial charge < -0.3 is 10.1 Å². The van der Waals surface area contributed by atoms with Crippen molar-refractivity contribution >= 4 is 17.7 Å². The Balaban J connectivity index is 1.77. The molecule has 5 nitrogen and oxygen atoms in total. The molecule has 3 aromatic carbocycles. The molecule has 0 saturated heterocycles. The molecule has 8 heteroatoms. The Bertz CT molecular complexity index is 1120. The van der Waals surface area contributed by atoms with E-state index in [9.17, 15) is 27.6 Å². The molecule has 0 aliphatic carbocycles. The summed E-state index contributed by atoms with van der Waals surface area (Å²) in [6.07, 6.45) is -0.0668. The van der Waals surface area contributed by atoms with Crippen molar-refractivity contribution in [3.8, 4) is 0 Å². The summed E-state index contributed by atoms with van der Waals surface area (Å²) in [4.78, 5) is 37.0. The SMILES string of the molecule is COC(=O)[C@@H](Cc1ccc(C(=O)c2ccccc2)cc1)NC(=O)c1c(F)cc(F)cc1F. The number of nitrogens with one attached hydrogen (secondary N) is 1. The number of methoxy groups -OCH3 is 1. The number of benzene rings is 3. The number of ketones is 1. The molecule has 0 saturated carbocycles. The van der Waals surface area contributed by atoms with Crippen molar-refractivity contribution in [1.29, 1.82) is 0 Å². The van der Waals surface area contributed by atoms with Crippen molar-refractivity contribution in [1.82, 2.24) is 5.32 Å². The smallest absolute Gasteiger partial charge is 0.328 e. The van der Waals surface area contributed by atoms with Crippen LogP contribution in [0.2, 0.25) is 0 Å². The van der Waals surface area contributed by atoms with Gasteiger partial charge in [0.15, 0.2) is 5.78 Å². The van der Waals surface area contributed by atoms with Crippen LogP contribution in [0.5, 0.6) is 0 Å². The monoisotopic (exact) mass is 441 g/mol. The minimum absolute atomic E-state index is 0.0668. The number of carbonyl (C=O) groups is 3. The van der Waals surface area contributed by atoms with Crippen molar-refractivity contribution in [3.05, 3.63) is 106 Å². The third-order valence-corrected chi connectivity index (χ3v) is 4.72. The highest BCUT2D eigenvalue weighted by atomic mass is 19.1. The zero-order chi connectivity index (χ0) is 23.3. The van der Waals surface area contributed by atoms with E-state index < -0.39 is 40.9 Å². The van der Waals surface area contributed by atoms with E-state index in [1.165, 1.54) is 0 Å². The molecule has 0 fully saturated rings. The van der Waals surface area contributed by atoms with E-state index in [0.29, 0.717) is 28.8 Å². The molecule has 0 aromatic heterocycles. The lowest BCUT2D eigenvalue weighted by Crippen LogP contribution is -2.43. The van der Waals surface area contributed by atoms with Gasteiger partial charge in [-0.1, -0.05) is 54.6 Å². The minimum atomic E-state index is -1.40. The molecule has 0 spiro atoms. The van der Waals surface area contributed by atoms with Crippen LogP contribution < -0.4 is 5.32 Å². The van der Waals surface area contributed by atoms with Gasteiger partial charge in [-0.2, -0.15) is 0 Å². The largest absolute Gasteiger partial charge is 0.467 e. The molecule has 1 atom stereocenters. The number of amides is 1. The van der Waals surface area contributed by atoms with Crippen LogP contribution in [0.4, 0.5) is 13.2 Å². The van der Waals surface area contributed by atoms with E-state index in [1.54, 1.807) is 54.6 Å². The predicted molar refractivity (Wildman–Crippen MR) is 110 cm³/mol. The average Bonchev–Trinajstić information content (AvgIpc) is 2.78. The van der Waals surface area contributed by atoms with Gasteiger partial charge in [0.1, 0.15) is 29.1 Å². The summed E-state index contributed by atoms with van der Waals surface area (Å²) >= 11 is 0. The van der Waals surface area contributed by atoms with Gasteiger partial charge in [-0.25, -0.2) is 18.0 Å². The first kappa shape index (κ1) is 22.7. The van der Waals surface area contributed by atoms with Crippen molar-refractivity contribution in [3.63, 3.8) is 0 Å². The Kier molecular flexibility index (Phi) is 7.04. The Morgan fingerprint density at radius 1 is 0.875 bits per heavy atom. The quantitative estimate of drug-likeness (QED) is 0.447. The lowest BCUT2D eigenvalue weighted by Gasteiger charge is -2.17. The zero-order valence-corrected chi connectivity index (χ0v) is 16.9. The van der Waals surface area contributed by atoms with Crippen LogP contribution in [0.15, 0.2) is 66.7 Å². The Morgan fingerprint density at radius 2 is 1.44 bits per heavy atom. The van der Waals surface area contributed by atoms with Gasteiger partial charge in [0.05, 0.1) is 7.11 Å². The van der Waals surface area contributed by atoms with E-state index in [0.717, 1.165) is 7.11 Å². The number of hydrogen-bond donors (Lipinski definition) is 1. The topological polar surface area (TPSA) is 72.5 Å². The molecule has 0 aliphatic rings. The maximum atomic E-state index is 13.9. The van der Waals surface area contributed by atoms with Gasteiger partial charge in [-0.15, -0.1) is 0 Å². The molecule has 0 unspecified atom stereocenters. The summed E-state index contributed by atoms with van der Waals surface area (Å²) < 4.78 is 45.5. The predicted octanol–water partition coefficient (Wildman–Crippen LogP) is 3.85. The van der Waals surface area contributed by atoms with Crippen LogP contribution in [-0.4, -0.2) is 30.8 Å².